The number of allylic oxidation sites excluding steroid dienone is 1. The Bertz CT molecular complexity index is 643. The van der Waals surface area contributed by atoms with Crippen LogP contribution < -0.4 is 10.6 Å². The number of carbonyl (C=O) groups is 2. The van der Waals surface area contributed by atoms with Crippen molar-refractivity contribution in [2.45, 2.75) is 18.6 Å². The third-order valence-corrected chi connectivity index (χ3v) is 3.19. The average Bonchev–Trinajstić information content (AvgIpc) is 2.70. The minimum absolute atomic E-state index is 0.203. The molecule has 22 heavy (non-hydrogen) atoms. The number of aromatic nitrogens is 1. The van der Waals surface area contributed by atoms with Crippen molar-refractivity contribution in [1.29, 1.82) is 0 Å². The fourth-order valence-corrected chi connectivity index (χ4v) is 2.22. The number of hydrogen-bond acceptors (Lipinski definition) is 5. The minimum Gasteiger partial charge on any atom is -0.466 e. The summed E-state index contributed by atoms with van der Waals surface area (Å²) in [4.78, 5) is 27.5. The number of rotatable bonds is 3. The van der Waals surface area contributed by atoms with Gasteiger partial charge in [0, 0.05) is 11.9 Å². The second kappa shape index (κ2) is 5.32. The number of anilines is 1. The highest BCUT2D eigenvalue weighted by Crippen LogP contribution is 2.43. The van der Waals surface area contributed by atoms with Crippen molar-refractivity contribution in [3.05, 3.63) is 35.7 Å². The van der Waals surface area contributed by atoms with Crippen LogP contribution in [0, 0.1) is 0 Å². The van der Waals surface area contributed by atoms with E-state index in [-0.39, 0.29) is 11.5 Å². The number of halogens is 3. The Morgan fingerprint density at radius 2 is 2.09 bits per heavy atom. The molecule has 2 rings (SSSR count). The zero-order valence-electron chi connectivity index (χ0n) is 11.6. The fraction of sp³-hybridized carbons (Fsp3) is 0.308. The number of ether oxygens (including phenoxy) is 1. The first-order chi connectivity index (χ1) is 10.2. The second-order valence-corrected chi connectivity index (χ2v) is 4.53. The summed E-state index contributed by atoms with van der Waals surface area (Å²) < 4.78 is 45.4. The number of pyridine rings is 1. The van der Waals surface area contributed by atoms with Gasteiger partial charge in [-0.3, -0.25) is 4.79 Å². The molecule has 1 aromatic rings. The molecule has 2 heterocycles. The quantitative estimate of drug-likeness (QED) is 0.824. The molecule has 1 aliphatic rings. The van der Waals surface area contributed by atoms with Gasteiger partial charge in [0.1, 0.15) is 11.4 Å². The Balaban J connectivity index is 2.63. The zero-order chi connectivity index (χ0) is 16.5. The van der Waals surface area contributed by atoms with Gasteiger partial charge in [0.15, 0.2) is 0 Å². The fourth-order valence-electron chi connectivity index (χ4n) is 2.22. The minimum atomic E-state index is -5.09. The molecule has 0 aromatic carbocycles. The van der Waals surface area contributed by atoms with Crippen molar-refractivity contribution in [2.24, 2.45) is 0 Å². The molecule has 0 bridgehead atoms. The van der Waals surface area contributed by atoms with Crippen LogP contribution in [0.3, 0.4) is 0 Å². The van der Waals surface area contributed by atoms with E-state index in [1.807, 2.05) is 10.6 Å². The van der Waals surface area contributed by atoms with Crippen molar-refractivity contribution < 1.29 is 27.5 Å². The Morgan fingerprint density at radius 1 is 1.41 bits per heavy atom. The topological polar surface area (TPSA) is 80.3 Å². The van der Waals surface area contributed by atoms with E-state index in [0.29, 0.717) is 0 Å². The molecule has 0 aliphatic carbocycles. The van der Waals surface area contributed by atoms with Gasteiger partial charge in [0.2, 0.25) is 5.54 Å². The normalized spacial score (nSPS) is 21.6. The van der Waals surface area contributed by atoms with Crippen LogP contribution in [-0.2, 0) is 14.3 Å². The van der Waals surface area contributed by atoms with E-state index in [1.54, 1.807) is 0 Å². The predicted molar refractivity (Wildman–Crippen MR) is 69.5 cm³/mol. The molecule has 6 nitrogen and oxygen atoms in total. The third-order valence-electron chi connectivity index (χ3n) is 3.19. The van der Waals surface area contributed by atoms with E-state index >= 15 is 0 Å². The molecular formula is C13H12F3N3O3. The van der Waals surface area contributed by atoms with Crippen LogP contribution in [-0.4, -0.2) is 35.7 Å². The number of methoxy groups -OCH3 is 1. The first kappa shape index (κ1) is 15.8. The first-order valence-corrected chi connectivity index (χ1v) is 6.11. The Morgan fingerprint density at radius 3 is 2.59 bits per heavy atom. The summed E-state index contributed by atoms with van der Waals surface area (Å²) in [6.07, 6.45) is -3.83. The molecule has 118 valence electrons. The van der Waals surface area contributed by atoms with Crippen molar-refractivity contribution in [3.63, 3.8) is 0 Å². The number of esters is 1. The van der Waals surface area contributed by atoms with Gasteiger partial charge >= 0.3 is 12.1 Å². The Kier molecular flexibility index (Phi) is 3.82. The first-order valence-electron chi connectivity index (χ1n) is 6.11. The smallest absolute Gasteiger partial charge is 0.425 e. The summed E-state index contributed by atoms with van der Waals surface area (Å²) in [5.41, 5.74) is -4.31. The zero-order valence-corrected chi connectivity index (χ0v) is 11.6. The van der Waals surface area contributed by atoms with E-state index in [1.165, 1.54) is 31.3 Å². The monoisotopic (exact) mass is 315 g/mol. The van der Waals surface area contributed by atoms with Gasteiger partial charge in [-0.2, -0.15) is 13.2 Å². The van der Waals surface area contributed by atoms with E-state index in [4.69, 9.17) is 0 Å². The highest BCUT2D eigenvalue weighted by atomic mass is 19.4. The van der Waals surface area contributed by atoms with Crippen LogP contribution in [0.1, 0.15) is 6.92 Å². The molecule has 2 N–H and O–H groups in total. The Hall–Kier alpha value is -2.58. The van der Waals surface area contributed by atoms with E-state index < -0.39 is 29.2 Å². The van der Waals surface area contributed by atoms with Crippen LogP contribution in [0.15, 0.2) is 35.7 Å². The summed E-state index contributed by atoms with van der Waals surface area (Å²) in [5, 5.41) is 4.06. The number of nitrogens with zero attached hydrogens (tertiary/aromatic N) is 1. The molecule has 0 radical (unpaired) electrons. The lowest BCUT2D eigenvalue weighted by molar-refractivity contribution is -0.178. The second-order valence-electron chi connectivity index (χ2n) is 4.53. The van der Waals surface area contributed by atoms with E-state index in [9.17, 15) is 22.8 Å². The van der Waals surface area contributed by atoms with Gasteiger partial charge in [-0.25, -0.2) is 9.78 Å². The number of hydrogen-bond donors (Lipinski definition) is 2. The summed E-state index contributed by atoms with van der Waals surface area (Å²) >= 11 is 0. The molecule has 0 saturated heterocycles. The molecule has 1 atom stereocenters. The van der Waals surface area contributed by atoms with Crippen LogP contribution in [0.5, 0.6) is 0 Å². The molecule has 9 heteroatoms. The molecule has 0 saturated carbocycles. The van der Waals surface area contributed by atoms with Crippen molar-refractivity contribution in [3.8, 4) is 0 Å². The van der Waals surface area contributed by atoms with E-state index in [2.05, 4.69) is 9.72 Å². The maximum absolute atomic E-state index is 13.7. The molecule has 0 unspecified atom stereocenters. The summed E-state index contributed by atoms with van der Waals surface area (Å²) in [6.45, 7) is 1.19. The third kappa shape index (κ3) is 2.28. The molecule has 0 spiro atoms. The highest BCUT2D eigenvalue weighted by molar-refractivity contribution is 6.10. The lowest BCUT2D eigenvalue weighted by Crippen LogP contribution is -2.60. The van der Waals surface area contributed by atoms with Gasteiger partial charge in [0.25, 0.3) is 5.91 Å². The van der Waals surface area contributed by atoms with Gasteiger partial charge in [-0.05, 0) is 19.1 Å². The summed E-state index contributed by atoms with van der Waals surface area (Å²) in [6, 6.07) is 4.20. The van der Waals surface area contributed by atoms with Crippen molar-refractivity contribution in [1.82, 2.24) is 10.3 Å². The molecule has 1 aliphatic heterocycles. The lowest BCUT2D eigenvalue weighted by atomic mass is 9.89. The summed E-state index contributed by atoms with van der Waals surface area (Å²) in [7, 11) is 0.938. The number of alkyl halides is 3. The van der Waals surface area contributed by atoms with E-state index in [0.717, 1.165) is 7.11 Å². The lowest BCUT2D eigenvalue weighted by Gasteiger charge is -2.32. The molecule has 1 aromatic heterocycles. The molecule has 1 amide bonds. The van der Waals surface area contributed by atoms with Crippen molar-refractivity contribution >= 4 is 17.7 Å². The van der Waals surface area contributed by atoms with Crippen LogP contribution in [0.25, 0.3) is 0 Å². The van der Waals surface area contributed by atoms with Gasteiger partial charge < -0.3 is 15.4 Å². The SMILES string of the molecule is COC(=O)C1=C(C)NC(=O)[C@@]1(Nc1ccccn1)C(F)(F)F. The van der Waals surface area contributed by atoms with Gasteiger partial charge in [0.05, 0.1) is 7.11 Å². The number of amides is 1. The van der Waals surface area contributed by atoms with Crippen LogP contribution in [0.4, 0.5) is 19.0 Å². The van der Waals surface area contributed by atoms with Crippen LogP contribution >= 0.6 is 0 Å². The molecular weight excluding hydrogens is 303 g/mol. The predicted octanol–water partition coefficient (Wildman–Crippen LogP) is 1.37. The maximum Gasteiger partial charge on any atom is 0.425 e. The average molecular weight is 315 g/mol. The molecule has 0 fully saturated rings. The Labute approximate surface area is 123 Å². The largest absolute Gasteiger partial charge is 0.466 e. The highest BCUT2D eigenvalue weighted by Gasteiger charge is 2.68. The number of carbonyl (C=O) groups excluding carboxylic acids is 2. The van der Waals surface area contributed by atoms with Gasteiger partial charge in [-0.1, -0.05) is 6.07 Å². The number of nitrogens with one attached hydrogen (secondary N) is 2. The van der Waals surface area contributed by atoms with Crippen molar-refractivity contribution in [2.75, 3.05) is 12.4 Å². The van der Waals surface area contributed by atoms with Gasteiger partial charge in [-0.15, -0.1) is 0 Å². The maximum atomic E-state index is 13.7. The standard InChI is InChI=1S/C13H12F3N3O3/c1-7-9(10(20)22-2)12(11(21)18-7,13(14,15)16)19-8-5-3-4-6-17-8/h3-6H,1-2H3,(H,17,19)(H,18,21)/t12-/m1/s1. The van der Waals surface area contributed by atoms with Crippen LogP contribution in [0.2, 0.25) is 0 Å². The summed E-state index contributed by atoms with van der Waals surface area (Å²) in [5.74, 6) is -2.87.